The van der Waals surface area contributed by atoms with E-state index in [0.29, 0.717) is 5.92 Å². The Balaban J connectivity index is 1.60. The molecule has 21 heavy (non-hydrogen) atoms. The quantitative estimate of drug-likeness (QED) is 0.885. The third-order valence-corrected chi connectivity index (χ3v) is 7.13. The van der Waals surface area contributed by atoms with Crippen LogP contribution in [-0.4, -0.2) is 17.8 Å². The van der Waals surface area contributed by atoms with Crippen LogP contribution in [0.25, 0.3) is 0 Å². The predicted octanol–water partition coefficient (Wildman–Crippen LogP) is 4.19. The van der Waals surface area contributed by atoms with E-state index in [1.54, 1.807) is 7.11 Å². The highest BCUT2D eigenvalue weighted by Crippen LogP contribution is 2.63. The van der Waals surface area contributed by atoms with Crippen LogP contribution < -0.4 is 4.74 Å². The van der Waals surface area contributed by atoms with E-state index in [0.717, 1.165) is 40.8 Å². The van der Waals surface area contributed by atoms with Crippen LogP contribution in [0.5, 0.6) is 5.75 Å². The number of halogens is 1. The minimum absolute atomic E-state index is 0.495. The molecule has 1 aromatic carbocycles. The van der Waals surface area contributed by atoms with Crippen molar-refractivity contribution >= 4 is 15.9 Å². The summed E-state index contributed by atoms with van der Waals surface area (Å²) in [6.07, 6.45) is 7.14. The lowest BCUT2D eigenvalue weighted by atomic mass is 9.70. The SMILES string of the molecule is COc1ccc(Br)c(CC2(O)CC3CC2C2CCCC32)c1. The molecule has 114 valence electrons. The van der Waals surface area contributed by atoms with Crippen molar-refractivity contribution in [1.29, 1.82) is 0 Å². The normalized spacial score (nSPS) is 40.5. The molecule has 3 heteroatoms. The maximum atomic E-state index is 11.3. The summed E-state index contributed by atoms with van der Waals surface area (Å²) in [5.41, 5.74) is 0.685. The summed E-state index contributed by atoms with van der Waals surface area (Å²) in [7, 11) is 1.70. The zero-order valence-electron chi connectivity index (χ0n) is 12.5. The van der Waals surface area contributed by atoms with Crippen molar-refractivity contribution in [3.63, 3.8) is 0 Å². The van der Waals surface area contributed by atoms with Crippen LogP contribution in [0.1, 0.15) is 37.7 Å². The Morgan fingerprint density at radius 3 is 2.95 bits per heavy atom. The number of rotatable bonds is 3. The molecule has 0 radical (unpaired) electrons. The molecule has 2 bridgehead atoms. The first-order valence-corrected chi connectivity index (χ1v) is 8.95. The lowest BCUT2D eigenvalue weighted by molar-refractivity contribution is -0.0451. The lowest BCUT2D eigenvalue weighted by Crippen LogP contribution is -2.43. The molecule has 3 saturated carbocycles. The average Bonchev–Trinajstić information content (AvgIpc) is 3.12. The molecule has 2 nitrogen and oxygen atoms in total. The van der Waals surface area contributed by atoms with Crippen molar-refractivity contribution < 1.29 is 9.84 Å². The maximum absolute atomic E-state index is 11.3. The lowest BCUT2D eigenvalue weighted by Gasteiger charge is -2.39. The van der Waals surface area contributed by atoms with Gasteiger partial charge in [-0.25, -0.2) is 0 Å². The summed E-state index contributed by atoms with van der Waals surface area (Å²) in [6, 6.07) is 6.06. The van der Waals surface area contributed by atoms with E-state index in [4.69, 9.17) is 4.74 Å². The molecule has 3 aliphatic rings. The van der Waals surface area contributed by atoms with Crippen LogP contribution in [0.4, 0.5) is 0 Å². The van der Waals surface area contributed by atoms with Crippen LogP contribution >= 0.6 is 15.9 Å². The van der Waals surface area contributed by atoms with E-state index in [2.05, 4.69) is 22.0 Å². The van der Waals surface area contributed by atoms with Crippen molar-refractivity contribution in [2.45, 2.75) is 44.1 Å². The molecular weight excluding hydrogens is 328 g/mol. The van der Waals surface area contributed by atoms with E-state index in [-0.39, 0.29) is 0 Å². The van der Waals surface area contributed by atoms with Crippen LogP contribution in [0.2, 0.25) is 0 Å². The molecule has 3 fully saturated rings. The Morgan fingerprint density at radius 2 is 2.14 bits per heavy atom. The smallest absolute Gasteiger partial charge is 0.119 e. The first-order chi connectivity index (χ1) is 10.1. The van der Waals surface area contributed by atoms with Gasteiger partial charge in [-0.2, -0.15) is 0 Å². The Morgan fingerprint density at radius 1 is 1.33 bits per heavy atom. The third-order valence-electron chi connectivity index (χ3n) is 6.36. The number of hydrogen-bond donors (Lipinski definition) is 1. The topological polar surface area (TPSA) is 29.5 Å². The fourth-order valence-electron chi connectivity index (χ4n) is 5.58. The fraction of sp³-hybridized carbons (Fsp3) is 0.667. The number of ether oxygens (including phenoxy) is 1. The van der Waals surface area contributed by atoms with Crippen molar-refractivity contribution in [3.05, 3.63) is 28.2 Å². The van der Waals surface area contributed by atoms with Gasteiger partial charge in [-0.05, 0) is 73.1 Å². The number of aliphatic hydroxyl groups is 1. The molecule has 0 saturated heterocycles. The van der Waals surface area contributed by atoms with Gasteiger partial charge in [0.15, 0.2) is 0 Å². The van der Waals surface area contributed by atoms with Gasteiger partial charge in [0.25, 0.3) is 0 Å². The van der Waals surface area contributed by atoms with Crippen molar-refractivity contribution in [2.75, 3.05) is 7.11 Å². The van der Waals surface area contributed by atoms with Gasteiger partial charge in [0.2, 0.25) is 0 Å². The van der Waals surface area contributed by atoms with Crippen LogP contribution in [-0.2, 0) is 6.42 Å². The molecule has 3 aliphatic carbocycles. The molecule has 0 aliphatic heterocycles. The molecule has 5 atom stereocenters. The van der Waals surface area contributed by atoms with Crippen molar-refractivity contribution in [3.8, 4) is 5.75 Å². The van der Waals surface area contributed by atoms with Gasteiger partial charge in [-0.3, -0.25) is 0 Å². The van der Waals surface area contributed by atoms with Gasteiger partial charge < -0.3 is 9.84 Å². The van der Waals surface area contributed by atoms with Crippen molar-refractivity contribution in [1.82, 2.24) is 0 Å². The van der Waals surface area contributed by atoms with Gasteiger partial charge in [-0.1, -0.05) is 22.4 Å². The minimum Gasteiger partial charge on any atom is -0.497 e. The van der Waals surface area contributed by atoms with Gasteiger partial charge in [0, 0.05) is 10.9 Å². The van der Waals surface area contributed by atoms with E-state index < -0.39 is 5.60 Å². The average molecular weight is 351 g/mol. The first kappa shape index (κ1) is 14.1. The molecule has 0 aromatic heterocycles. The molecule has 1 N–H and O–H groups in total. The summed E-state index contributed by atoms with van der Waals surface area (Å²) >= 11 is 3.63. The van der Waals surface area contributed by atoms with Crippen LogP contribution in [0, 0.1) is 23.7 Å². The molecular formula is C18H23BrO2. The Labute approximate surface area is 135 Å². The van der Waals surface area contributed by atoms with Gasteiger partial charge in [0.05, 0.1) is 12.7 Å². The van der Waals surface area contributed by atoms with Crippen molar-refractivity contribution in [2.24, 2.45) is 23.7 Å². The third kappa shape index (κ3) is 2.16. The summed E-state index contributed by atoms with van der Waals surface area (Å²) in [5, 5.41) is 11.3. The first-order valence-electron chi connectivity index (χ1n) is 8.15. The molecule has 1 aromatic rings. The van der Waals surface area contributed by atoms with E-state index in [1.807, 2.05) is 12.1 Å². The second kappa shape index (κ2) is 4.99. The number of hydrogen-bond acceptors (Lipinski definition) is 2. The van der Waals surface area contributed by atoms with Gasteiger partial charge >= 0.3 is 0 Å². The Bertz CT molecular complexity index is 558. The minimum atomic E-state index is -0.495. The summed E-state index contributed by atoms with van der Waals surface area (Å²) < 4.78 is 6.42. The van der Waals surface area contributed by atoms with Gasteiger partial charge in [-0.15, -0.1) is 0 Å². The summed E-state index contributed by atoms with van der Waals surface area (Å²) in [6.45, 7) is 0. The van der Waals surface area contributed by atoms with Crippen LogP contribution in [0.15, 0.2) is 22.7 Å². The zero-order chi connectivity index (χ0) is 14.6. The van der Waals surface area contributed by atoms with Gasteiger partial charge in [0.1, 0.15) is 5.75 Å². The second-order valence-corrected chi connectivity index (χ2v) is 8.16. The predicted molar refractivity (Wildman–Crippen MR) is 86.4 cm³/mol. The standard InChI is InChI=1S/C18H23BrO2/c1-21-13-5-6-17(19)12(7-13)10-18(20)9-11-8-16(18)15-4-2-3-14(11)15/h5-7,11,14-16,20H,2-4,8-10H2,1H3. The van der Waals surface area contributed by atoms with E-state index in [1.165, 1.54) is 31.2 Å². The second-order valence-electron chi connectivity index (χ2n) is 7.30. The van der Waals surface area contributed by atoms with E-state index >= 15 is 0 Å². The summed E-state index contributed by atoms with van der Waals surface area (Å²) in [4.78, 5) is 0. The highest BCUT2D eigenvalue weighted by atomic mass is 79.9. The zero-order valence-corrected chi connectivity index (χ0v) is 14.1. The number of benzene rings is 1. The number of methoxy groups -OCH3 is 1. The maximum Gasteiger partial charge on any atom is 0.119 e. The molecule has 0 amide bonds. The largest absolute Gasteiger partial charge is 0.497 e. The molecule has 0 spiro atoms. The highest BCUT2D eigenvalue weighted by molar-refractivity contribution is 9.10. The number of fused-ring (bicyclic) bond motifs is 5. The van der Waals surface area contributed by atoms with Crippen LogP contribution in [0.3, 0.4) is 0 Å². The van der Waals surface area contributed by atoms with E-state index in [9.17, 15) is 5.11 Å². The molecule has 0 heterocycles. The fourth-order valence-corrected chi connectivity index (χ4v) is 5.97. The Kier molecular flexibility index (Phi) is 3.34. The molecule has 4 rings (SSSR count). The monoisotopic (exact) mass is 350 g/mol. The summed E-state index contributed by atoms with van der Waals surface area (Å²) in [5.74, 6) is 3.88. The molecule has 5 unspecified atom stereocenters. The Hall–Kier alpha value is -0.540. The highest BCUT2D eigenvalue weighted by Gasteiger charge is 2.60.